The highest BCUT2D eigenvalue weighted by molar-refractivity contribution is 7.99. The molecule has 4 heterocycles. The van der Waals surface area contributed by atoms with E-state index in [2.05, 4.69) is 239 Å². The molecule has 11 aromatic rings. The average molecular weight is 848 g/mol. The lowest BCUT2D eigenvalue weighted by Crippen LogP contribution is -2.37. The molecular formula is C61H41N3S. The molecule has 14 rings (SSSR count). The Kier molecular flexibility index (Phi) is 7.96. The van der Waals surface area contributed by atoms with Gasteiger partial charge in [-0.1, -0.05) is 163 Å². The lowest BCUT2D eigenvalue weighted by molar-refractivity contribution is 0.692. The molecule has 1 aliphatic carbocycles. The summed E-state index contributed by atoms with van der Waals surface area (Å²) in [6.07, 6.45) is 6.78. The second kappa shape index (κ2) is 14.1. The van der Waals surface area contributed by atoms with Crippen molar-refractivity contribution >= 4 is 67.6 Å². The van der Waals surface area contributed by atoms with E-state index >= 15 is 0 Å². The smallest absolute Gasteiger partial charge is 0.0764 e. The van der Waals surface area contributed by atoms with Crippen LogP contribution in [0.3, 0.4) is 0 Å². The predicted molar refractivity (Wildman–Crippen MR) is 271 cm³/mol. The van der Waals surface area contributed by atoms with E-state index in [9.17, 15) is 0 Å². The number of hydrogen-bond acceptors (Lipinski definition) is 2. The van der Waals surface area contributed by atoms with Gasteiger partial charge in [0.15, 0.2) is 0 Å². The molecule has 9 aromatic carbocycles. The Morgan fingerprint density at radius 3 is 1.94 bits per heavy atom. The van der Waals surface area contributed by atoms with Crippen LogP contribution in [0.15, 0.2) is 228 Å². The van der Waals surface area contributed by atoms with E-state index in [0.717, 1.165) is 29.9 Å². The molecule has 0 saturated heterocycles. The van der Waals surface area contributed by atoms with Gasteiger partial charge in [0.1, 0.15) is 0 Å². The lowest BCUT2D eigenvalue weighted by atomic mass is 9.62. The highest BCUT2D eigenvalue weighted by Gasteiger charge is 2.50. The largest absolute Gasteiger partial charge is 0.313 e. The maximum Gasteiger partial charge on any atom is 0.0764 e. The van der Waals surface area contributed by atoms with Crippen molar-refractivity contribution in [1.82, 2.24) is 9.13 Å². The van der Waals surface area contributed by atoms with Crippen LogP contribution in [0.25, 0.3) is 61.3 Å². The molecule has 2 aliphatic heterocycles. The van der Waals surface area contributed by atoms with Crippen LogP contribution in [0.5, 0.6) is 0 Å². The van der Waals surface area contributed by atoms with Gasteiger partial charge in [-0.15, -0.1) is 0 Å². The van der Waals surface area contributed by atoms with Gasteiger partial charge < -0.3 is 14.0 Å². The van der Waals surface area contributed by atoms with Gasteiger partial charge in [-0.3, -0.25) is 0 Å². The van der Waals surface area contributed by atoms with Crippen LogP contribution < -0.4 is 4.90 Å². The van der Waals surface area contributed by atoms with Crippen molar-refractivity contribution in [3.63, 3.8) is 0 Å². The third-order valence-electron chi connectivity index (χ3n) is 14.2. The molecule has 0 radical (unpaired) electrons. The second-order valence-electron chi connectivity index (χ2n) is 17.5. The number of allylic oxidation sites excluding steroid dienone is 1. The monoisotopic (exact) mass is 847 g/mol. The Balaban J connectivity index is 0.972. The van der Waals surface area contributed by atoms with Crippen molar-refractivity contribution in [1.29, 1.82) is 0 Å². The summed E-state index contributed by atoms with van der Waals surface area (Å²) in [5.74, 6) is 0. The van der Waals surface area contributed by atoms with Gasteiger partial charge in [0, 0.05) is 60.0 Å². The van der Waals surface area contributed by atoms with Crippen LogP contribution in [-0.4, -0.2) is 9.13 Å². The van der Waals surface area contributed by atoms with Gasteiger partial charge in [-0.25, -0.2) is 0 Å². The van der Waals surface area contributed by atoms with Crippen molar-refractivity contribution in [2.75, 3.05) is 4.90 Å². The number of rotatable bonds is 5. The van der Waals surface area contributed by atoms with E-state index in [1.54, 1.807) is 0 Å². The third-order valence-corrected chi connectivity index (χ3v) is 15.4. The molecule has 3 nitrogen and oxygen atoms in total. The number of benzene rings is 9. The molecule has 3 aliphatic rings. The number of hydrogen-bond donors (Lipinski definition) is 0. The quantitative estimate of drug-likeness (QED) is 0.171. The SMILES string of the molecule is C1=Cc2c(n(-c3ccc(N(c4ccccc4)c4ccc(-c5ccccc5)cc4)cc3)c3ccc4c(c23)Sc2ccccc2C42c3ccccc3-n3c4ccccc4c4cccc2c43)CC1. The normalized spacial score (nSPS) is 15.5. The Hall–Kier alpha value is -7.79. The van der Waals surface area contributed by atoms with Gasteiger partial charge >= 0.3 is 0 Å². The molecule has 1 atom stereocenters. The van der Waals surface area contributed by atoms with Crippen molar-refractivity contribution < 1.29 is 0 Å². The second-order valence-corrected chi connectivity index (χ2v) is 18.5. The highest BCUT2D eigenvalue weighted by Crippen LogP contribution is 2.62. The van der Waals surface area contributed by atoms with E-state index in [4.69, 9.17) is 0 Å². The summed E-state index contributed by atoms with van der Waals surface area (Å²) < 4.78 is 5.09. The zero-order chi connectivity index (χ0) is 42.6. The summed E-state index contributed by atoms with van der Waals surface area (Å²) in [5.41, 5.74) is 19.6. The van der Waals surface area contributed by atoms with Gasteiger partial charge in [0.05, 0.1) is 27.7 Å². The molecule has 0 amide bonds. The van der Waals surface area contributed by atoms with Gasteiger partial charge in [-0.2, -0.15) is 0 Å². The fourth-order valence-electron chi connectivity index (χ4n) is 11.6. The molecule has 306 valence electrons. The molecule has 0 fully saturated rings. The Bertz CT molecular complexity index is 3730. The van der Waals surface area contributed by atoms with Crippen LogP contribution >= 0.6 is 11.8 Å². The Labute approximate surface area is 382 Å². The lowest BCUT2D eigenvalue weighted by Gasteiger charge is -2.45. The van der Waals surface area contributed by atoms with E-state index in [1.807, 2.05) is 11.8 Å². The molecule has 0 N–H and O–H groups in total. The van der Waals surface area contributed by atoms with Gasteiger partial charge in [0.25, 0.3) is 0 Å². The minimum atomic E-state index is -0.527. The molecule has 0 saturated carbocycles. The fraction of sp³-hybridized carbons (Fsp3) is 0.0492. The van der Waals surface area contributed by atoms with Crippen molar-refractivity contribution in [3.8, 4) is 22.5 Å². The van der Waals surface area contributed by atoms with Crippen LogP contribution in [0.1, 0.15) is 39.9 Å². The molecular weight excluding hydrogens is 807 g/mol. The minimum absolute atomic E-state index is 0.527. The number of fused-ring (bicyclic) bond motifs is 15. The number of anilines is 3. The number of nitrogens with zero attached hydrogens (tertiary/aromatic N) is 3. The van der Waals surface area contributed by atoms with E-state index < -0.39 is 5.41 Å². The summed E-state index contributed by atoms with van der Waals surface area (Å²) in [4.78, 5) is 5.02. The highest BCUT2D eigenvalue weighted by atomic mass is 32.2. The summed E-state index contributed by atoms with van der Waals surface area (Å²) in [6.45, 7) is 0. The van der Waals surface area contributed by atoms with E-state index in [-0.39, 0.29) is 0 Å². The standard InChI is InChI=1S/C61H41N3S/c1-3-16-40(17-4-1)41-30-32-43(33-31-41)62(42-18-5-2-6-19-42)44-34-36-45(37-35-44)63-54-27-12-8-21-48(54)58-56(63)39-38-52-60(58)65-57-29-14-10-24-50(57)61(52)49-23-9-13-28-55(49)64-53-26-11-7-20-46(53)47-22-15-25-51(61)59(47)64/h1-11,13-26,28-39H,12,27H2. The van der Waals surface area contributed by atoms with Crippen molar-refractivity contribution in [2.45, 2.75) is 28.0 Å². The van der Waals surface area contributed by atoms with Crippen LogP contribution in [0.2, 0.25) is 0 Å². The minimum Gasteiger partial charge on any atom is -0.313 e. The van der Waals surface area contributed by atoms with Gasteiger partial charge in [-0.05, 0) is 119 Å². The first-order valence-electron chi connectivity index (χ1n) is 22.7. The average Bonchev–Trinajstić information content (AvgIpc) is 3.90. The first kappa shape index (κ1) is 36.7. The zero-order valence-electron chi connectivity index (χ0n) is 35.5. The molecule has 1 spiro atoms. The van der Waals surface area contributed by atoms with Crippen molar-refractivity contribution in [2.24, 2.45) is 0 Å². The molecule has 0 bridgehead atoms. The van der Waals surface area contributed by atoms with Crippen LogP contribution in [0.4, 0.5) is 17.1 Å². The summed E-state index contributed by atoms with van der Waals surface area (Å²) in [5, 5.41) is 3.94. The Morgan fingerprint density at radius 1 is 0.462 bits per heavy atom. The van der Waals surface area contributed by atoms with Crippen LogP contribution in [-0.2, 0) is 11.8 Å². The first-order valence-corrected chi connectivity index (χ1v) is 23.5. The Morgan fingerprint density at radius 2 is 1.11 bits per heavy atom. The zero-order valence-corrected chi connectivity index (χ0v) is 36.3. The number of para-hydroxylation sites is 4. The van der Waals surface area contributed by atoms with Gasteiger partial charge in [0.2, 0.25) is 0 Å². The third kappa shape index (κ3) is 5.14. The fourth-order valence-corrected chi connectivity index (χ4v) is 12.9. The number of aromatic nitrogens is 2. The van der Waals surface area contributed by atoms with E-state index in [1.165, 1.54) is 98.5 Å². The summed E-state index contributed by atoms with van der Waals surface area (Å²) >= 11 is 1.95. The maximum absolute atomic E-state index is 2.56. The van der Waals surface area contributed by atoms with E-state index in [0.29, 0.717) is 0 Å². The summed E-state index contributed by atoms with van der Waals surface area (Å²) in [7, 11) is 0. The maximum atomic E-state index is 2.56. The molecule has 2 aromatic heterocycles. The topological polar surface area (TPSA) is 13.1 Å². The molecule has 4 heteroatoms. The van der Waals surface area contributed by atoms with Crippen LogP contribution in [0, 0.1) is 0 Å². The molecule has 1 unspecified atom stereocenters. The van der Waals surface area contributed by atoms with Crippen molar-refractivity contribution in [3.05, 3.63) is 252 Å². The predicted octanol–water partition coefficient (Wildman–Crippen LogP) is 16.0. The molecule has 65 heavy (non-hydrogen) atoms. The first-order chi connectivity index (χ1) is 32.3. The summed E-state index contributed by atoms with van der Waals surface area (Å²) in [6, 6.07) is 78.7.